The van der Waals surface area contributed by atoms with E-state index in [1.54, 1.807) is 0 Å². The van der Waals surface area contributed by atoms with Gasteiger partial charge in [0.15, 0.2) is 0 Å². The number of carbonyl (C=O) groups excluding carboxylic acids is 1. The Hall–Kier alpha value is -0.820. The highest BCUT2D eigenvalue weighted by Crippen LogP contribution is 2.29. The summed E-state index contributed by atoms with van der Waals surface area (Å²) in [6.45, 7) is 0.508. The molecule has 0 saturated carbocycles. The normalized spacial score (nSPS) is 19.1. The first-order valence-corrected chi connectivity index (χ1v) is 7.64. The Morgan fingerprint density at radius 3 is 2.61 bits per heavy atom. The number of rotatable bonds is 3. The summed E-state index contributed by atoms with van der Waals surface area (Å²) >= 11 is 5.74. The molecule has 0 aromatic heterocycles. The highest BCUT2D eigenvalue weighted by Gasteiger charge is 2.28. The van der Waals surface area contributed by atoms with E-state index in [1.807, 2.05) is 0 Å². The number of hydrogen-bond donors (Lipinski definition) is 0. The smallest absolute Gasteiger partial charge is 0.341 e. The second-order valence-electron chi connectivity index (χ2n) is 3.55. The van der Waals surface area contributed by atoms with Crippen molar-refractivity contribution in [3.63, 3.8) is 0 Å². The Labute approximate surface area is 113 Å². The Morgan fingerprint density at radius 2 is 2.11 bits per heavy atom. The molecule has 1 saturated heterocycles. The molecule has 2 rings (SSSR count). The van der Waals surface area contributed by atoms with Crippen LogP contribution in [0.25, 0.3) is 0 Å². The van der Waals surface area contributed by atoms with E-state index in [0.717, 1.165) is 0 Å². The monoisotopic (exact) mass is 310 g/mol. The zero-order chi connectivity index (χ0) is 13.3. The lowest BCUT2D eigenvalue weighted by Crippen LogP contribution is -2.32. The van der Waals surface area contributed by atoms with E-state index in [-0.39, 0.29) is 10.6 Å². The highest BCUT2D eigenvalue weighted by molar-refractivity contribution is 8.13. The molecule has 1 atom stereocenters. The molecule has 1 aliphatic heterocycles. The molecule has 0 aliphatic carbocycles. The summed E-state index contributed by atoms with van der Waals surface area (Å²) in [7, 11) is 1.11. The lowest BCUT2D eigenvalue weighted by Gasteiger charge is -2.25. The molecule has 1 aromatic carbocycles. The van der Waals surface area contributed by atoms with Gasteiger partial charge in [0, 0.05) is 17.1 Å². The lowest BCUT2D eigenvalue weighted by molar-refractivity contribution is -0.184. The highest BCUT2D eigenvalue weighted by atomic mass is 35.7. The summed E-state index contributed by atoms with van der Waals surface area (Å²) < 4.78 is 32.6. The summed E-state index contributed by atoms with van der Waals surface area (Å²) in [5.41, 5.74) is -0.201. The van der Waals surface area contributed by atoms with Crippen LogP contribution in [0, 0.1) is 0 Å². The molecule has 0 radical (unpaired) electrons. The van der Waals surface area contributed by atoms with Crippen molar-refractivity contribution in [2.75, 3.05) is 6.61 Å². The largest absolute Gasteiger partial charge is 0.432 e. The third kappa shape index (κ3) is 2.77. The SMILES string of the molecule is O=C(OC1CCO1)c1cccc(Cl)c1S(=O)(=O)Cl. The second kappa shape index (κ2) is 5.05. The van der Waals surface area contributed by atoms with Crippen molar-refractivity contribution in [2.24, 2.45) is 0 Å². The Balaban J connectivity index is 2.37. The second-order valence-corrected chi connectivity index (χ2v) is 6.46. The number of carbonyl (C=O) groups is 1. The van der Waals surface area contributed by atoms with Crippen LogP contribution in [0.4, 0.5) is 0 Å². The van der Waals surface area contributed by atoms with Crippen molar-refractivity contribution in [3.05, 3.63) is 28.8 Å². The van der Waals surface area contributed by atoms with Crippen LogP contribution in [0.2, 0.25) is 5.02 Å². The quantitative estimate of drug-likeness (QED) is 0.632. The van der Waals surface area contributed by atoms with Gasteiger partial charge in [0.1, 0.15) is 4.90 Å². The summed E-state index contributed by atoms with van der Waals surface area (Å²) in [5, 5.41) is -0.131. The fourth-order valence-electron chi connectivity index (χ4n) is 1.41. The van der Waals surface area contributed by atoms with Gasteiger partial charge >= 0.3 is 5.97 Å². The van der Waals surface area contributed by atoms with Crippen molar-refractivity contribution in [1.29, 1.82) is 0 Å². The number of benzene rings is 1. The van der Waals surface area contributed by atoms with Crippen LogP contribution >= 0.6 is 22.3 Å². The Morgan fingerprint density at radius 1 is 1.44 bits per heavy atom. The minimum atomic E-state index is -4.14. The van der Waals surface area contributed by atoms with E-state index in [4.69, 9.17) is 31.8 Å². The molecule has 0 amide bonds. The maximum Gasteiger partial charge on any atom is 0.341 e. The van der Waals surface area contributed by atoms with Crippen LogP contribution < -0.4 is 0 Å². The molecule has 18 heavy (non-hydrogen) atoms. The first kappa shape index (κ1) is 13.6. The maximum absolute atomic E-state index is 11.8. The fourth-order valence-corrected chi connectivity index (χ4v) is 3.22. The lowest BCUT2D eigenvalue weighted by atomic mass is 10.2. The van der Waals surface area contributed by atoms with Crippen LogP contribution in [-0.4, -0.2) is 27.3 Å². The van der Waals surface area contributed by atoms with Crippen LogP contribution in [0.5, 0.6) is 0 Å². The van der Waals surface area contributed by atoms with Crippen molar-refractivity contribution >= 4 is 37.3 Å². The summed E-state index contributed by atoms with van der Waals surface area (Å²) in [4.78, 5) is 11.3. The van der Waals surface area contributed by atoms with E-state index >= 15 is 0 Å². The average Bonchev–Trinajstić information content (AvgIpc) is 2.21. The van der Waals surface area contributed by atoms with E-state index in [9.17, 15) is 13.2 Å². The van der Waals surface area contributed by atoms with Crippen LogP contribution in [0.1, 0.15) is 16.8 Å². The molecule has 0 bridgehead atoms. The van der Waals surface area contributed by atoms with Crippen LogP contribution in [0.15, 0.2) is 23.1 Å². The molecule has 0 N–H and O–H groups in total. The molecule has 8 heteroatoms. The van der Waals surface area contributed by atoms with Crippen LogP contribution in [-0.2, 0) is 18.5 Å². The van der Waals surface area contributed by atoms with Gasteiger partial charge in [-0.15, -0.1) is 0 Å². The minimum Gasteiger partial charge on any atom is -0.432 e. The summed E-state index contributed by atoms with van der Waals surface area (Å²) in [6, 6.07) is 4.04. The average molecular weight is 311 g/mol. The van der Waals surface area contributed by atoms with Gasteiger partial charge in [-0.25, -0.2) is 13.2 Å². The van der Waals surface area contributed by atoms with Crippen molar-refractivity contribution in [3.8, 4) is 0 Å². The standard InChI is InChI=1S/C10H8Cl2O5S/c11-7-3-1-2-6(9(7)18(12,14)15)10(13)17-8-4-5-16-8/h1-3,8H,4-5H2. The van der Waals surface area contributed by atoms with Gasteiger partial charge in [-0.1, -0.05) is 17.7 Å². The number of hydrogen-bond acceptors (Lipinski definition) is 5. The van der Waals surface area contributed by atoms with Gasteiger partial charge < -0.3 is 9.47 Å². The van der Waals surface area contributed by atoms with E-state index < -0.39 is 26.2 Å². The number of halogens is 2. The van der Waals surface area contributed by atoms with E-state index in [0.29, 0.717) is 13.0 Å². The topological polar surface area (TPSA) is 69.7 Å². The molecule has 1 heterocycles. The first-order chi connectivity index (χ1) is 8.39. The molecule has 98 valence electrons. The van der Waals surface area contributed by atoms with Crippen molar-refractivity contribution in [2.45, 2.75) is 17.6 Å². The molecule has 1 aliphatic rings. The molecule has 0 spiro atoms. The predicted octanol–water partition coefficient (Wildman–Crippen LogP) is 2.17. The molecular formula is C10H8Cl2O5S. The predicted molar refractivity (Wildman–Crippen MR) is 64.3 cm³/mol. The molecule has 1 unspecified atom stereocenters. The zero-order valence-electron chi connectivity index (χ0n) is 8.93. The van der Waals surface area contributed by atoms with Crippen LogP contribution in [0.3, 0.4) is 0 Å². The van der Waals surface area contributed by atoms with Gasteiger partial charge in [-0.2, -0.15) is 0 Å². The third-order valence-corrected chi connectivity index (χ3v) is 4.14. The number of ether oxygens (including phenoxy) is 2. The maximum atomic E-state index is 11.8. The summed E-state index contributed by atoms with van der Waals surface area (Å²) in [6.07, 6.45) is -0.0581. The van der Waals surface area contributed by atoms with Gasteiger partial charge in [-0.05, 0) is 12.1 Å². The third-order valence-electron chi connectivity index (χ3n) is 2.33. The fraction of sp³-hybridized carbons (Fsp3) is 0.300. The molecular weight excluding hydrogens is 303 g/mol. The van der Waals surface area contributed by atoms with Gasteiger partial charge in [0.2, 0.25) is 6.29 Å². The molecule has 1 fully saturated rings. The zero-order valence-corrected chi connectivity index (χ0v) is 11.3. The van der Waals surface area contributed by atoms with Gasteiger partial charge in [0.25, 0.3) is 9.05 Å². The molecule has 1 aromatic rings. The van der Waals surface area contributed by atoms with Crippen molar-refractivity contribution in [1.82, 2.24) is 0 Å². The Bertz CT molecular complexity index is 580. The Kier molecular flexibility index (Phi) is 3.82. The summed E-state index contributed by atoms with van der Waals surface area (Å²) in [5.74, 6) is -0.832. The van der Waals surface area contributed by atoms with Crippen molar-refractivity contribution < 1.29 is 22.7 Å². The first-order valence-electron chi connectivity index (χ1n) is 4.95. The van der Waals surface area contributed by atoms with E-state index in [2.05, 4.69) is 0 Å². The van der Waals surface area contributed by atoms with Gasteiger partial charge in [-0.3, -0.25) is 0 Å². The number of esters is 1. The minimum absolute atomic E-state index is 0.131. The van der Waals surface area contributed by atoms with E-state index in [1.165, 1.54) is 18.2 Å². The molecule has 5 nitrogen and oxygen atoms in total. The van der Waals surface area contributed by atoms with Gasteiger partial charge in [0.05, 0.1) is 17.2 Å².